The second-order valence-electron chi connectivity index (χ2n) is 4.27. The normalized spacial score (nSPS) is 36.8. The zero-order valence-corrected chi connectivity index (χ0v) is 10.2. The maximum atomic E-state index is 10.3. The van der Waals surface area contributed by atoms with Gasteiger partial charge in [-0.3, -0.25) is 0 Å². The molecular formula is C10H18O9. The van der Waals surface area contributed by atoms with Crippen molar-refractivity contribution in [3.05, 3.63) is 0 Å². The van der Waals surface area contributed by atoms with Gasteiger partial charge >= 0.3 is 6.16 Å². The summed E-state index contributed by atoms with van der Waals surface area (Å²) in [4.78, 5) is 10.3. The van der Waals surface area contributed by atoms with E-state index < -0.39 is 49.6 Å². The van der Waals surface area contributed by atoms with Crippen LogP contribution in [0.1, 0.15) is 6.92 Å². The summed E-state index contributed by atoms with van der Waals surface area (Å²) in [6.45, 7) is 0.775. The van der Waals surface area contributed by atoms with E-state index in [1.54, 1.807) is 0 Å². The van der Waals surface area contributed by atoms with Gasteiger partial charge < -0.3 is 39.7 Å². The lowest BCUT2D eigenvalue weighted by molar-refractivity contribution is -0.304. The number of aliphatic hydroxyl groups is 4. The van der Waals surface area contributed by atoms with Gasteiger partial charge in [0.25, 0.3) is 0 Å². The van der Waals surface area contributed by atoms with Crippen molar-refractivity contribution in [1.82, 2.24) is 0 Å². The minimum Gasteiger partial charge on any atom is -0.450 e. The first-order chi connectivity index (χ1) is 8.82. The quantitative estimate of drug-likeness (QED) is 0.357. The van der Waals surface area contributed by atoms with Crippen molar-refractivity contribution in [2.45, 2.75) is 43.7 Å². The lowest BCUT2D eigenvalue weighted by Crippen LogP contribution is -2.59. The number of ether oxygens (including phenoxy) is 3. The van der Waals surface area contributed by atoms with E-state index >= 15 is 0 Å². The van der Waals surface area contributed by atoms with Gasteiger partial charge in [0.1, 0.15) is 31.0 Å². The fourth-order valence-electron chi connectivity index (χ4n) is 1.58. The van der Waals surface area contributed by atoms with E-state index in [9.17, 15) is 20.1 Å². The number of carboxylic acid groups (broad SMARTS) is 1. The van der Waals surface area contributed by atoms with Crippen molar-refractivity contribution in [3.63, 3.8) is 0 Å². The third-order valence-electron chi connectivity index (χ3n) is 2.54. The molecule has 1 aliphatic heterocycles. The van der Waals surface area contributed by atoms with Crippen LogP contribution in [-0.2, 0) is 14.2 Å². The highest BCUT2D eigenvalue weighted by atomic mass is 16.7. The molecule has 6 atom stereocenters. The third-order valence-corrected chi connectivity index (χ3v) is 2.54. The standard InChI is InChI=1S/C10H18O9/c1-4(11)2-17-9-8(14)7(13)6(12)5(19-9)3-18-10(15)16/h4-9,11-14H,2-3H2,1H3,(H,15,16)/t4?,5-,6-,7+,8-,9?/m1/s1. The molecule has 2 unspecified atom stereocenters. The Balaban J connectivity index is 2.59. The fraction of sp³-hybridized carbons (Fsp3) is 0.900. The second-order valence-corrected chi connectivity index (χ2v) is 4.27. The first-order valence-corrected chi connectivity index (χ1v) is 5.68. The van der Waals surface area contributed by atoms with Gasteiger partial charge in [0.05, 0.1) is 12.7 Å². The summed E-state index contributed by atoms with van der Waals surface area (Å²) in [5, 5.41) is 46.2. The molecule has 1 fully saturated rings. The van der Waals surface area contributed by atoms with E-state index in [2.05, 4.69) is 4.74 Å². The summed E-state index contributed by atoms with van der Waals surface area (Å²) in [6, 6.07) is 0. The molecule has 0 saturated carbocycles. The number of hydrogen-bond acceptors (Lipinski definition) is 8. The summed E-state index contributed by atoms with van der Waals surface area (Å²) in [7, 11) is 0. The lowest BCUT2D eigenvalue weighted by atomic mass is 9.99. The van der Waals surface area contributed by atoms with Crippen LogP contribution < -0.4 is 0 Å². The molecule has 9 nitrogen and oxygen atoms in total. The second kappa shape index (κ2) is 6.98. The zero-order valence-electron chi connectivity index (χ0n) is 10.2. The topological polar surface area (TPSA) is 146 Å². The molecule has 0 spiro atoms. The van der Waals surface area contributed by atoms with Gasteiger partial charge in [0.2, 0.25) is 0 Å². The van der Waals surface area contributed by atoms with Crippen molar-refractivity contribution in [2.24, 2.45) is 0 Å². The highest BCUT2D eigenvalue weighted by Crippen LogP contribution is 2.22. The van der Waals surface area contributed by atoms with Crippen LogP contribution in [0.2, 0.25) is 0 Å². The average molecular weight is 282 g/mol. The molecule has 1 saturated heterocycles. The molecule has 0 amide bonds. The first-order valence-electron chi connectivity index (χ1n) is 5.68. The maximum absolute atomic E-state index is 10.3. The largest absolute Gasteiger partial charge is 0.505 e. The Morgan fingerprint density at radius 3 is 2.42 bits per heavy atom. The Hall–Kier alpha value is -0.970. The summed E-state index contributed by atoms with van der Waals surface area (Å²) in [5.41, 5.74) is 0. The molecule has 0 aromatic carbocycles. The number of carbonyl (C=O) groups is 1. The van der Waals surface area contributed by atoms with Gasteiger partial charge in [0, 0.05) is 0 Å². The summed E-state index contributed by atoms with van der Waals surface area (Å²) in [6.07, 6.45) is -9.44. The van der Waals surface area contributed by atoms with Gasteiger partial charge in [-0.25, -0.2) is 4.79 Å². The van der Waals surface area contributed by atoms with E-state index in [0.717, 1.165) is 0 Å². The van der Waals surface area contributed by atoms with Crippen molar-refractivity contribution in [1.29, 1.82) is 0 Å². The summed E-state index contributed by atoms with van der Waals surface area (Å²) in [5.74, 6) is 0. The molecule has 112 valence electrons. The molecule has 0 aromatic heterocycles. The van der Waals surface area contributed by atoms with Crippen molar-refractivity contribution >= 4 is 6.16 Å². The first kappa shape index (κ1) is 16.1. The highest BCUT2D eigenvalue weighted by Gasteiger charge is 2.44. The summed E-state index contributed by atoms with van der Waals surface area (Å²) >= 11 is 0. The van der Waals surface area contributed by atoms with E-state index in [1.807, 2.05) is 0 Å². The molecule has 19 heavy (non-hydrogen) atoms. The molecule has 9 heteroatoms. The molecule has 1 heterocycles. The van der Waals surface area contributed by atoms with E-state index in [0.29, 0.717) is 0 Å². The Morgan fingerprint density at radius 2 is 1.89 bits per heavy atom. The van der Waals surface area contributed by atoms with E-state index in [1.165, 1.54) is 6.92 Å². The van der Waals surface area contributed by atoms with Crippen LogP contribution >= 0.6 is 0 Å². The van der Waals surface area contributed by atoms with Crippen LogP contribution in [0, 0.1) is 0 Å². The average Bonchev–Trinajstić information content (AvgIpc) is 2.33. The number of hydrogen-bond donors (Lipinski definition) is 5. The Labute approximate surface area is 108 Å². The third kappa shape index (κ3) is 4.56. The van der Waals surface area contributed by atoms with Crippen molar-refractivity contribution in [2.75, 3.05) is 13.2 Å². The van der Waals surface area contributed by atoms with E-state index in [-0.39, 0.29) is 6.61 Å². The monoisotopic (exact) mass is 282 g/mol. The van der Waals surface area contributed by atoms with Crippen LogP contribution in [0.5, 0.6) is 0 Å². The lowest BCUT2D eigenvalue weighted by Gasteiger charge is -2.39. The minimum absolute atomic E-state index is 0.156. The Morgan fingerprint density at radius 1 is 1.26 bits per heavy atom. The molecule has 0 aliphatic carbocycles. The summed E-state index contributed by atoms with van der Waals surface area (Å²) < 4.78 is 14.4. The van der Waals surface area contributed by atoms with Crippen LogP contribution in [-0.4, -0.2) is 81.7 Å². The van der Waals surface area contributed by atoms with Gasteiger partial charge in [-0.05, 0) is 6.92 Å². The maximum Gasteiger partial charge on any atom is 0.505 e. The molecule has 5 N–H and O–H groups in total. The molecule has 0 radical (unpaired) electrons. The van der Waals surface area contributed by atoms with Crippen LogP contribution in [0.15, 0.2) is 0 Å². The smallest absolute Gasteiger partial charge is 0.450 e. The molecule has 0 bridgehead atoms. The van der Waals surface area contributed by atoms with Gasteiger partial charge in [-0.15, -0.1) is 0 Å². The van der Waals surface area contributed by atoms with Crippen LogP contribution in [0.25, 0.3) is 0 Å². The van der Waals surface area contributed by atoms with E-state index in [4.69, 9.17) is 19.7 Å². The molecule has 0 aromatic rings. The number of rotatable bonds is 5. The van der Waals surface area contributed by atoms with Crippen LogP contribution in [0.3, 0.4) is 0 Å². The fourth-order valence-corrected chi connectivity index (χ4v) is 1.58. The van der Waals surface area contributed by atoms with Gasteiger partial charge in [-0.2, -0.15) is 0 Å². The van der Waals surface area contributed by atoms with Gasteiger partial charge in [-0.1, -0.05) is 0 Å². The molecule has 1 aliphatic rings. The Bertz CT molecular complexity index is 295. The van der Waals surface area contributed by atoms with Crippen LogP contribution in [0.4, 0.5) is 4.79 Å². The van der Waals surface area contributed by atoms with Gasteiger partial charge in [0.15, 0.2) is 6.29 Å². The SMILES string of the molecule is CC(O)COC1O[C@H](COC(=O)O)[C@@H](O)[C@H](O)[C@H]1O. The van der Waals surface area contributed by atoms with Crippen molar-refractivity contribution in [3.8, 4) is 0 Å². The molecular weight excluding hydrogens is 264 g/mol. The predicted molar refractivity (Wildman–Crippen MR) is 58.3 cm³/mol. The Kier molecular flexibility index (Phi) is 5.91. The zero-order chi connectivity index (χ0) is 14.6. The highest BCUT2D eigenvalue weighted by molar-refractivity contribution is 5.56. The number of aliphatic hydroxyl groups excluding tert-OH is 4. The van der Waals surface area contributed by atoms with Crippen molar-refractivity contribution < 1.29 is 44.5 Å². The predicted octanol–water partition coefficient (Wildman–Crippen LogP) is -2.11. The molecule has 1 rings (SSSR count). The minimum atomic E-state index is -1.57.